The van der Waals surface area contributed by atoms with Crippen molar-refractivity contribution in [2.75, 3.05) is 0 Å². The molecule has 0 bridgehead atoms. The van der Waals surface area contributed by atoms with E-state index < -0.39 is 5.97 Å². The summed E-state index contributed by atoms with van der Waals surface area (Å²) in [6.45, 7) is 2.87. The van der Waals surface area contributed by atoms with E-state index in [-0.39, 0.29) is 6.61 Å². The Kier molecular flexibility index (Phi) is 7.39. The van der Waals surface area contributed by atoms with Crippen LogP contribution in [0.3, 0.4) is 0 Å². The molecule has 0 aliphatic heterocycles. The lowest BCUT2D eigenvalue weighted by molar-refractivity contribution is 0.0467. The Hall–Kier alpha value is -4.05. The molecule has 0 aliphatic rings. The second-order valence-electron chi connectivity index (χ2n) is 7.72. The summed E-state index contributed by atoms with van der Waals surface area (Å²) in [6.07, 6.45) is 0. The predicted octanol–water partition coefficient (Wildman–Crippen LogP) is 6.51. The van der Waals surface area contributed by atoms with Crippen LogP contribution in [0.15, 0.2) is 103 Å². The summed E-state index contributed by atoms with van der Waals surface area (Å²) in [5, 5.41) is 0. The first-order valence-corrected chi connectivity index (χ1v) is 10.9. The van der Waals surface area contributed by atoms with E-state index in [2.05, 4.69) is 0 Å². The first-order chi connectivity index (χ1) is 16.2. The Bertz CT molecular complexity index is 1170. The molecular formula is C29H26O4. The highest BCUT2D eigenvalue weighted by Crippen LogP contribution is 2.31. The summed E-state index contributed by atoms with van der Waals surface area (Å²) in [6, 6.07) is 32.9. The molecule has 4 rings (SSSR count). The van der Waals surface area contributed by atoms with Gasteiger partial charge in [-0.1, -0.05) is 91.0 Å². The van der Waals surface area contributed by atoms with Gasteiger partial charge in [0, 0.05) is 6.07 Å². The molecule has 0 N–H and O–H groups in total. The number of hydrogen-bond donors (Lipinski definition) is 0. The van der Waals surface area contributed by atoms with Gasteiger partial charge in [0.25, 0.3) is 0 Å². The van der Waals surface area contributed by atoms with Crippen molar-refractivity contribution in [3.05, 3.63) is 131 Å². The van der Waals surface area contributed by atoms with E-state index in [1.807, 2.05) is 97.9 Å². The molecule has 4 aromatic rings. The van der Waals surface area contributed by atoms with Crippen molar-refractivity contribution in [2.45, 2.75) is 26.7 Å². The van der Waals surface area contributed by atoms with E-state index in [4.69, 9.17) is 14.2 Å². The van der Waals surface area contributed by atoms with Crippen molar-refractivity contribution in [1.29, 1.82) is 0 Å². The zero-order valence-electron chi connectivity index (χ0n) is 18.6. The molecule has 4 heteroatoms. The molecule has 0 amide bonds. The number of carbonyl (C=O) groups excluding carboxylic acids is 1. The van der Waals surface area contributed by atoms with E-state index in [0.717, 1.165) is 22.3 Å². The number of ether oxygens (including phenoxy) is 3. The van der Waals surface area contributed by atoms with Crippen LogP contribution >= 0.6 is 0 Å². The summed E-state index contributed by atoms with van der Waals surface area (Å²) in [5.74, 6) is 0.673. The number of esters is 1. The van der Waals surface area contributed by atoms with Crippen LogP contribution in [0.5, 0.6) is 11.5 Å². The monoisotopic (exact) mass is 438 g/mol. The summed E-state index contributed by atoms with van der Waals surface area (Å²) in [5.41, 5.74) is 4.22. The highest BCUT2D eigenvalue weighted by molar-refractivity contribution is 5.93. The molecule has 0 fully saturated rings. The molecular weight excluding hydrogens is 412 g/mol. The fourth-order valence-corrected chi connectivity index (χ4v) is 3.38. The second kappa shape index (κ2) is 11.0. The van der Waals surface area contributed by atoms with Gasteiger partial charge < -0.3 is 14.2 Å². The van der Waals surface area contributed by atoms with Crippen molar-refractivity contribution in [2.24, 2.45) is 0 Å². The van der Waals surface area contributed by atoms with Crippen molar-refractivity contribution in [1.82, 2.24) is 0 Å². The Balaban J connectivity index is 1.54. The van der Waals surface area contributed by atoms with Gasteiger partial charge in [-0.15, -0.1) is 0 Å². The van der Waals surface area contributed by atoms with Crippen LogP contribution in [0.4, 0.5) is 0 Å². The number of carbonyl (C=O) groups is 1. The van der Waals surface area contributed by atoms with Crippen LogP contribution in [0.2, 0.25) is 0 Å². The lowest BCUT2D eigenvalue weighted by Gasteiger charge is -2.16. The summed E-state index contributed by atoms with van der Waals surface area (Å²) < 4.78 is 17.7. The Morgan fingerprint density at radius 2 is 1.06 bits per heavy atom. The van der Waals surface area contributed by atoms with Crippen LogP contribution in [-0.4, -0.2) is 5.97 Å². The second-order valence-corrected chi connectivity index (χ2v) is 7.72. The van der Waals surface area contributed by atoms with Gasteiger partial charge in [0.15, 0.2) is 0 Å². The fraction of sp³-hybridized carbons (Fsp3) is 0.138. The van der Waals surface area contributed by atoms with Crippen LogP contribution < -0.4 is 9.47 Å². The first kappa shape index (κ1) is 22.2. The largest absolute Gasteiger partial charge is 0.488 e. The molecule has 0 saturated carbocycles. The van der Waals surface area contributed by atoms with E-state index in [1.165, 1.54) is 0 Å². The summed E-state index contributed by atoms with van der Waals surface area (Å²) >= 11 is 0. The predicted molar refractivity (Wildman–Crippen MR) is 128 cm³/mol. The van der Waals surface area contributed by atoms with Crippen molar-refractivity contribution in [3.8, 4) is 11.5 Å². The molecule has 166 valence electrons. The molecule has 0 unspecified atom stereocenters. The number of benzene rings is 4. The third-order valence-corrected chi connectivity index (χ3v) is 5.18. The maximum absolute atomic E-state index is 12.9. The standard InChI is InChI=1S/C29H26O4/c1-22-17-26(29(30)33-21-25-15-9-4-10-16-25)28(32-20-24-13-7-3-8-14-24)18-27(22)31-19-23-11-5-2-6-12-23/h2-18H,19-21H2,1H3. The Morgan fingerprint density at radius 1 is 0.606 bits per heavy atom. The van der Waals surface area contributed by atoms with E-state index in [0.29, 0.717) is 30.3 Å². The van der Waals surface area contributed by atoms with Crippen LogP contribution in [0.1, 0.15) is 32.6 Å². The molecule has 0 atom stereocenters. The van der Waals surface area contributed by atoms with Gasteiger partial charge in [0.2, 0.25) is 0 Å². The number of rotatable bonds is 9. The lowest BCUT2D eigenvalue weighted by atomic mass is 10.1. The molecule has 0 aliphatic carbocycles. The molecule has 0 heterocycles. The first-order valence-electron chi connectivity index (χ1n) is 10.9. The molecule has 4 aromatic carbocycles. The summed E-state index contributed by atoms with van der Waals surface area (Å²) in [7, 11) is 0. The van der Waals surface area contributed by atoms with Gasteiger partial charge in [-0.05, 0) is 35.2 Å². The topological polar surface area (TPSA) is 44.8 Å². The van der Waals surface area contributed by atoms with E-state index in [9.17, 15) is 4.79 Å². The smallest absolute Gasteiger partial charge is 0.342 e. The minimum absolute atomic E-state index is 0.198. The highest BCUT2D eigenvalue weighted by Gasteiger charge is 2.18. The minimum Gasteiger partial charge on any atom is -0.488 e. The normalized spacial score (nSPS) is 10.5. The SMILES string of the molecule is Cc1cc(C(=O)OCc2ccccc2)c(OCc2ccccc2)cc1OCc1ccccc1. The third-order valence-electron chi connectivity index (χ3n) is 5.18. The molecule has 0 aromatic heterocycles. The van der Waals surface area contributed by atoms with Crippen molar-refractivity contribution < 1.29 is 19.0 Å². The van der Waals surface area contributed by atoms with E-state index >= 15 is 0 Å². The van der Waals surface area contributed by atoms with Crippen LogP contribution in [0, 0.1) is 6.92 Å². The van der Waals surface area contributed by atoms with Crippen molar-refractivity contribution in [3.63, 3.8) is 0 Å². The molecule has 0 saturated heterocycles. The third kappa shape index (κ3) is 6.23. The molecule has 33 heavy (non-hydrogen) atoms. The van der Waals surface area contributed by atoms with Gasteiger partial charge in [-0.25, -0.2) is 4.79 Å². The van der Waals surface area contributed by atoms with E-state index in [1.54, 1.807) is 12.1 Å². The highest BCUT2D eigenvalue weighted by atomic mass is 16.5. The van der Waals surface area contributed by atoms with Crippen molar-refractivity contribution >= 4 is 5.97 Å². The minimum atomic E-state index is -0.431. The zero-order chi connectivity index (χ0) is 22.9. The average Bonchev–Trinajstić information content (AvgIpc) is 2.87. The number of aryl methyl sites for hydroxylation is 1. The fourth-order valence-electron chi connectivity index (χ4n) is 3.38. The summed E-state index contributed by atoms with van der Waals surface area (Å²) in [4.78, 5) is 12.9. The number of hydrogen-bond acceptors (Lipinski definition) is 4. The van der Waals surface area contributed by atoms with Gasteiger partial charge in [0.05, 0.1) is 0 Å². The van der Waals surface area contributed by atoms with Crippen LogP contribution in [-0.2, 0) is 24.6 Å². The van der Waals surface area contributed by atoms with Crippen LogP contribution in [0.25, 0.3) is 0 Å². The van der Waals surface area contributed by atoms with Gasteiger partial charge in [0.1, 0.15) is 36.9 Å². The average molecular weight is 439 g/mol. The maximum Gasteiger partial charge on any atom is 0.342 e. The van der Waals surface area contributed by atoms with Gasteiger partial charge in [-0.3, -0.25) is 0 Å². The molecule has 0 radical (unpaired) electrons. The quantitative estimate of drug-likeness (QED) is 0.280. The van der Waals surface area contributed by atoms with Gasteiger partial charge >= 0.3 is 5.97 Å². The molecule has 0 spiro atoms. The maximum atomic E-state index is 12.9. The zero-order valence-corrected chi connectivity index (χ0v) is 18.6. The van der Waals surface area contributed by atoms with Gasteiger partial charge in [-0.2, -0.15) is 0 Å². The Morgan fingerprint density at radius 3 is 1.58 bits per heavy atom. The molecule has 4 nitrogen and oxygen atoms in total. The Labute approximate surface area is 194 Å². The lowest BCUT2D eigenvalue weighted by Crippen LogP contribution is -2.10.